The molecule has 2 aromatic carbocycles. The topological polar surface area (TPSA) is 281 Å². The Bertz CT molecular complexity index is 2620. The van der Waals surface area contributed by atoms with Crippen LogP contribution in [0.5, 0.6) is 0 Å². The molecule has 5 N–H and O–H groups in total. The molecule has 3 aliphatic heterocycles. The molecule has 23 nitrogen and oxygen atoms in total. The quantitative estimate of drug-likeness (QED) is 0.0476. The summed E-state index contributed by atoms with van der Waals surface area (Å²) in [7, 11) is 6.13. The Balaban J connectivity index is 1.13. The molecule has 86 heavy (non-hydrogen) atoms. The van der Waals surface area contributed by atoms with E-state index in [1.165, 1.54) is 31.1 Å². The van der Waals surface area contributed by atoms with E-state index in [0.717, 1.165) is 5.56 Å². The highest BCUT2D eigenvalue weighted by molar-refractivity contribution is 6.02. The van der Waals surface area contributed by atoms with E-state index in [1.54, 1.807) is 68.8 Å². The Morgan fingerprint density at radius 1 is 0.767 bits per heavy atom. The summed E-state index contributed by atoms with van der Waals surface area (Å²) in [6.07, 6.45) is 0.459. The Hall–Kier alpha value is -6.98. The van der Waals surface area contributed by atoms with Crippen molar-refractivity contribution >= 4 is 64.9 Å². The molecule has 3 aliphatic rings. The van der Waals surface area contributed by atoms with Gasteiger partial charge in [-0.2, -0.15) is 0 Å². The van der Waals surface area contributed by atoms with Gasteiger partial charge in [0.25, 0.3) is 5.91 Å². The highest BCUT2D eigenvalue weighted by atomic mass is 16.6. The second kappa shape index (κ2) is 33.2. The first-order chi connectivity index (χ1) is 40.8. The standard InChI is InChI=1S/C63H95N9O14/c1-14-40(8)55(46(83-12)34-51(77)71-33-21-24-45(71)57(84-13)58-61(80)65-41(9)56(86-58)43-22-17-15-18-23-43)69(10)62(81)53(38(4)5)68-60(79)54(39(6)7)70(11)63(82)85-36-42-26-28-44(29-27-42)66-48(74)35-64-59(78)52(37(2)3)67-47(73)25-19-16-20-32-72-49(75)30-31-50(72)76/h15,17-18,22-23,26-29,37-41,45-46,52-58H,14,16,19-21,24-25,30-36H2,1-13H3,(H,64,78)(H,65,80)(H,66,74)(H,67,73)(H,68,79)/t40-,41+,45-,46+,52?,53+,54-,55-,56+,57-,58+/m0/s1. The maximum absolute atomic E-state index is 14.8. The highest BCUT2D eigenvalue weighted by Crippen LogP contribution is 2.34. The van der Waals surface area contributed by atoms with Gasteiger partial charge >= 0.3 is 6.09 Å². The summed E-state index contributed by atoms with van der Waals surface area (Å²) in [5.74, 6) is -4.45. The number of morpholine rings is 1. The van der Waals surface area contributed by atoms with Crippen LogP contribution in [-0.2, 0) is 68.7 Å². The number of hydrogen-bond donors (Lipinski definition) is 5. The third kappa shape index (κ3) is 18.8. The molecule has 2 aromatic rings. The third-order valence-corrected chi connectivity index (χ3v) is 16.7. The summed E-state index contributed by atoms with van der Waals surface area (Å²) >= 11 is 0. The minimum atomic E-state index is -1.05. The fourth-order valence-corrected chi connectivity index (χ4v) is 11.7. The van der Waals surface area contributed by atoms with Crippen LogP contribution >= 0.6 is 0 Å². The van der Waals surface area contributed by atoms with Gasteiger partial charge in [0.2, 0.25) is 47.3 Å². The summed E-state index contributed by atoms with van der Waals surface area (Å²) < 4.78 is 24.3. The third-order valence-electron chi connectivity index (χ3n) is 16.7. The Kier molecular flexibility index (Phi) is 27.0. The number of nitrogens with one attached hydrogen (secondary N) is 5. The smallest absolute Gasteiger partial charge is 0.410 e. The van der Waals surface area contributed by atoms with Gasteiger partial charge < -0.3 is 55.3 Å². The van der Waals surface area contributed by atoms with Crippen LogP contribution in [0.25, 0.3) is 0 Å². The van der Waals surface area contributed by atoms with Gasteiger partial charge in [-0.3, -0.25) is 53.0 Å². The molecular weight excluding hydrogens is 1110 g/mol. The number of imide groups is 1. The molecule has 23 heteroatoms. The van der Waals surface area contributed by atoms with Gasteiger partial charge in [-0.1, -0.05) is 111 Å². The first kappa shape index (κ1) is 69.8. The van der Waals surface area contributed by atoms with E-state index >= 15 is 0 Å². The summed E-state index contributed by atoms with van der Waals surface area (Å²) in [6, 6.07) is 11.8. The number of carbonyl (C=O) groups is 10. The molecule has 3 fully saturated rings. The fourth-order valence-electron chi connectivity index (χ4n) is 11.7. The number of likely N-dealkylation sites (N-methyl/N-ethyl adjacent to an activating group) is 2. The monoisotopic (exact) mass is 1200 g/mol. The molecule has 0 saturated carbocycles. The molecule has 3 heterocycles. The molecule has 0 spiro atoms. The van der Waals surface area contributed by atoms with Crippen molar-refractivity contribution < 1.29 is 66.9 Å². The van der Waals surface area contributed by atoms with Crippen molar-refractivity contribution in [3.8, 4) is 0 Å². The number of ether oxygens (including phenoxy) is 4. The van der Waals surface area contributed by atoms with Crippen molar-refractivity contribution in [1.29, 1.82) is 0 Å². The first-order valence-corrected chi connectivity index (χ1v) is 30.4. The number of methoxy groups -OCH3 is 2. The minimum absolute atomic E-state index is 0.0776. The first-order valence-electron chi connectivity index (χ1n) is 30.4. The van der Waals surface area contributed by atoms with Crippen molar-refractivity contribution in [2.75, 3.05) is 53.3 Å². The van der Waals surface area contributed by atoms with Crippen LogP contribution in [0.15, 0.2) is 54.6 Å². The predicted molar refractivity (Wildman–Crippen MR) is 321 cm³/mol. The maximum atomic E-state index is 14.8. The Morgan fingerprint density at radius 3 is 2.01 bits per heavy atom. The molecule has 0 aromatic heterocycles. The lowest BCUT2D eigenvalue weighted by molar-refractivity contribution is -0.173. The van der Waals surface area contributed by atoms with Gasteiger partial charge in [0.05, 0.1) is 37.2 Å². The lowest BCUT2D eigenvalue weighted by Crippen LogP contribution is -2.61. The maximum Gasteiger partial charge on any atom is 0.410 e. The van der Waals surface area contributed by atoms with Gasteiger partial charge in [-0.05, 0) is 79.5 Å². The van der Waals surface area contributed by atoms with Crippen LogP contribution in [0.2, 0.25) is 0 Å². The van der Waals surface area contributed by atoms with Crippen LogP contribution in [0.1, 0.15) is 144 Å². The number of nitrogens with zero attached hydrogens (tertiary/aromatic N) is 4. The van der Waals surface area contributed by atoms with E-state index in [2.05, 4.69) is 26.6 Å². The van der Waals surface area contributed by atoms with Crippen LogP contribution in [0.3, 0.4) is 0 Å². The number of hydrogen-bond acceptors (Lipinski definition) is 14. The average Bonchev–Trinajstić information content (AvgIpc) is 1.83. The van der Waals surface area contributed by atoms with Crippen molar-refractivity contribution in [2.45, 2.75) is 194 Å². The second-order valence-corrected chi connectivity index (χ2v) is 24.1. The van der Waals surface area contributed by atoms with Crippen molar-refractivity contribution in [3.63, 3.8) is 0 Å². The SMILES string of the molecule is CC[C@H](C)[C@@H]([C@@H](CC(=O)N1CCC[C@H]1[C@H](OC)[C@H]1O[C@@H](c2ccccc2)[C@@H](C)NC1=O)OC)N(C)C(=O)[C@H](NC(=O)[C@H](C(C)C)N(C)C(=O)OCc1ccc(NC(=O)CNC(=O)C(NC(=O)CCCCCN2C(=O)CCC2=O)C(C)C)cc1)C(C)C. The van der Waals surface area contributed by atoms with Crippen molar-refractivity contribution in [2.24, 2.45) is 23.7 Å². The van der Waals surface area contributed by atoms with E-state index in [0.29, 0.717) is 62.9 Å². The number of rotatable bonds is 31. The van der Waals surface area contributed by atoms with E-state index in [1.807, 2.05) is 65.0 Å². The number of likely N-dealkylation sites (tertiary alicyclic amines) is 2. The Morgan fingerprint density at radius 2 is 1.42 bits per heavy atom. The Labute approximate surface area is 507 Å². The molecule has 0 radical (unpaired) electrons. The van der Waals surface area contributed by atoms with E-state index in [-0.39, 0.29) is 86.2 Å². The molecule has 1 unspecified atom stereocenters. The number of unbranched alkanes of at least 4 members (excludes halogenated alkanes) is 2. The zero-order chi connectivity index (χ0) is 63.5. The molecule has 10 amide bonds. The summed E-state index contributed by atoms with van der Waals surface area (Å²) in [5, 5.41) is 14.0. The molecule has 11 atom stereocenters. The second-order valence-electron chi connectivity index (χ2n) is 24.1. The zero-order valence-electron chi connectivity index (χ0n) is 52.7. The van der Waals surface area contributed by atoms with Crippen LogP contribution in [0.4, 0.5) is 10.5 Å². The van der Waals surface area contributed by atoms with Crippen LogP contribution in [0, 0.1) is 23.7 Å². The van der Waals surface area contributed by atoms with Gasteiger partial charge in [-0.15, -0.1) is 0 Å². The normalized spacial score (nSPS) is 20.3. The number of anilines is 1. The van der Waals surface area contributed by atoms with Gasteiger partial charge in [0, 0.05) is 66.4 Å². The minimum Gasteiger partial charge on any atom is -0.445 e. The van der Waals surface area contributed by atoms with Crippen molar-refractivity contribution in [1.82, 2.24) is 40.9 Å². The van der Waals surface area contributed by atoms with Crippen LogP contribution < -0.4 is 26.6 Å². The van der Waals surface area contributed by atoms with E-state index < -0.39 is 96.2 Å². The molecule has 476 valence electrons. The van der Waals surface area contributed by atoms with Crippen molar-refractivity contribution in [3.05, 3.63) is 65.7 Å². The predicted octanol–water partition coefficient (Wildman–Crippen LogP) is 5.25. The van der Waals surface area contributed by atoms with E-state index in [9.17, 15) is 47.9 Å². The average molecular weight is 1200 g/mol. The lowest BCUT2D eigenvalue weighted by Gasteiger charge is -2.42. The molecule has 3 saturated heterocycles. The van der Waals surface area contributed by atoms with Gasteiger partial charge in [0.1, 0.15) is 36.9 Å². The zero-order valence-corrected chi connectivity index (χ0v) is 52.7. The van der Waals surface area contributed by atoms with E-state index in [4.69, 9.17) is 18.9 Å². The molecular formula is C63H95N9O14. The van der Waals surface area contributed by atoms with Crippen LogP contribution in [-0.4, -0.2) is 181 Å². The largest absolute Gasteiger partial charge is 0.445 e. The molecule has 0 aliphatic carbocycles. The lowest BCUT2D eigenvalue weighted by atomic mass is 9.89. The number of amides is 10. The summed E-state index contributed by atoms with van der Waals surface area (Å²) in [6.45, 7) is 16.8. The molecule has 0 bridgehead atoms. The molecule has 5 rings (SSSR count). The highest BCUT2D eigenvalue weighted by Gasteiger charge is 2.48. The summed E-state index contributed by atoms with van der Waals surface area (Å²) in [4.78, 5) is 139. The van der Waals surface area contributed by atoms with Gasteiger partial charge in [-0.25, -0.2) is 4.79 Å². The fraction of sp³-hybridized carbons (Fsp3) is 0.651. The van der Waals surface area contributed by atoms with Gasteiger partial charge in [0.15, 0.2) is 6.10 Å². The summed E-state index contributed by atoms with van der Waals surface area (Å²) in [5.41, 5.74) is 1.89. The number of benzene rings is 2. The number of carbonyl (C=O) groups excluding carboxylic acids is 10.